The normalized spacial score (nSPS) is 14.6. The van der Waals surface area contributed by atoms with Crippen LogP contribution < -0.4 is 10.9 Å². The van der Waals surface area contributed by atoms with Crippen molar-refractivity contribution in [2.24, 2.45) is 5.92 Å². The molecule has 2 aromatic rings. The number of nitriles is 1. The van der Waals surface area contributed by atoms with Gasteiger partial charge in [0, 0.05) is 17.1 Å². The first kappa shape index (κ1) is 15.6. The van der Waals surface area contributed by atoms with E-state index in [2.05, 4.69) is 15.3 Å². The van der Waals surface area contributed by atoms with Gasteiger partial charge in [-0.15, -0.1) is 0 Å². The predicted octanol–water partition coefficient (Wildman–Crippen LogP) is 3.77. The van der Waals surface area contributed by atoms with E-state index in [1.165, 1.54) is 25.7 Å². The highest BCUT2D eigenvalue weighted by atomic mass is 35.5. The third-order valence-corrected chi connectivity index (χ3v) is 4.36. The van der Waals surface area contributed by atoms with Crippen LogP contribution in [-0.2, 0) is 6.42 Å². The van der Waals surface area contributed by atoms with E-state index in [0.717, 1.165) is 6.42 Å². The molecule has 1 fully saturated rings. The van der Waals surface area contributed by atoms with Crippen molar-refractivity contribution in [3.63, 3.8) is 0 Å². The van der Waals surface area contributed by atoms with Crippen LogP contribution in [0, 0.1) is 17.2 Å². The van der Waals surface area contributed by atoms with Crippen molar-refractivity contribution in [1.82, 2.24) is 9.97 Å². The summed E-state index contributed by atoms with van der Waals surface area (Å²) < 4.78 is 0. The topological polar surface area (TPSA) is 81.6 Å². The Bertz CT molecular complexity index is 803. The molecule has 118 valence electrons. The maximum Gasteiger partial charge on any atom is 0.271 e. The van der Waals surface area contributed by atoms with E-state index in [1.54, 1.807) is 18.2 Å². The monoisotopic (exact) mass is 328 g/mol. The number of benzene rings is 1. The first-order chi connectivity index (χ1) is 11.2. The Morgan fingerprint density at radius 1 is 1.39 bits per heavy atom. The molecule has 2 N–H and O–H groups in total. The second kappa shape index (κ2) is 6.84. The van der Waals surface area contributed by atoms with Crippen LogP contribution in [0.5, 0.6) is 0 Å². The summed E-state index contributed by atoms with van der Waals surface area (Å²) in [6.45, 7) is 0. The summed E-state index contributed by atoms with van der Waals surface area (Å²) in [5, 5.41) is 12.8. The van der Waals surface area contributed by atoms with Crippen LogP contribution in [-0.4, -0.2) is 9.97 Å². The Kier molecular flexibility index (Phi) is 4.63. The summed E-state index contributed by atoms with van der Waals surface area (Å²) in [6, 6.07) is 9.01. The van der Waals surface area contributed by atoms with Gasteiger partial charge in [-0.25, -0.2) is 4.98 Å². The molecule has 0 amide bonds. The van der Waals surface area contributed by atoms with Crippen molar-refractivity contribution >= 4 is 23.1 Å². The van der Waals surface area contributed by atoms with Crippen molar-refractivity contribution in [2.45, 2.75) is 32.1 Å². The third-order valence-electron chi connectivity index (χ3n) is 4.12. The fourth-order valence-corrected chi connectivity index (χ4v) is 3.19. The highest BCUT2D eigenvalue weighted by molar-refractivity contribution is 6.30. The molecule has 0 spiro atoms. The minimum Gasteiger partial charge on any atom is -0.339 e. The first-order valence-electron chi connectivity index (χ1n) is 7.71. The van der Waals surface area contributed by atoms with Crippen LogP contribution in [0.15, 0.2) is 29.1 Å². The smallest absolute Gasteiger partial charge is 0.271 e. The van der Waals surface area contributed by atoms with E-state index in [1.807, 2.05) is 12.1 Å². The summed E-state index contributed by atoms with van der Waals surface area (Å²) >= 11 is 5.97. The van der Waals surface area contributed by atoms with Crippen LogP contribution in [0.4, 0.5) is 11.5 Å². The van der Waals surface area contributed by atoms with Crippen LogP contribution >= 0.6 is 11.6 Å². The number of rotatable bonds is 4. The van der Waals surface area contributed by atoms with Gasteiger partial charge in [0.2, 0.25) is 0 Å². The van der Waals surface area contributed by atoms with E-state index in [9.17, 15) is 10.1 Å². The summed E-state index contributed by atoms with van der Waals surface area (Å²) in [7, 11) is 0. The molecule has 1 aliphatic rings. The van der Waals surface area contributed by atoms with Gasteiger partial charge in [-0.2, -0.15) is 5.26 Å². The lowest BCUT2D eigenvalue weighted by Crippen LogP contribution is -2.19. The molecule has 1 aliphatic carbocycles. The Hall–Kier alpha value is -2.32. The van der Waals surface area contributed by atoms with Crippen molar-refractivity contribution in [1.29, 1.82) is 5.26 Å². The number of hydrogen-bond donors (Lipinski definition) is 2. The Morgan fingerprint density at radius 3 is 2.87 bits per heavy atom. The number of aromatic nitrogens is 2. The van der Waals surface area contributed by atoms with Crippen molar-refractivity contribution in [2.75, 3.05) is 5.32 Å². The largest absolute Gasteiger partial charge is 0.339 e. The van der Waals surface area contributed by atoms with E-state index >= 15 is 0 Å². The molecule has 3 rings (SSSR count). The van der Waals surface area contributed by atoms with Crippen LogP contribution in [0.1, 0.15) is 37.1 Å². The number of halogens is 1. The summed E-state index contributed by atoms with van der Waals surface area (Å²) in [6.07, 6.45) is 5.55. The number of nitrogens with one attached hydrogen (secondary N) is 2. The van der Waals surface area contributed by atoms with Gasteiger partial charge in [0.05, 0.1) is 0 Å². The van der Waals surface area contributed by atoms with Crippen LogP contribution in [0.25, 0.3) is 0 Å². The first-order valence-corrected chi connectivity index (χ1v) is 8.09. The van der Waals surface area contributed by atoms with E-state index in [0.29, 0.717) is 22.5 Å². The average molecular weight is 329 g/mol. The summed E-state index contributed by atoms with van der Waals surface area (Å²) in [4.78, 5) is 19.3. The molecule has 1 aromatic heterocycles. The van der Waals surface area contributed by atoms with Crippen molar-refractivity contribution in [3.8, 4) is 6.07 Å². The van der Waals surface area contributed by atoms with Crippen molar-refractivity contribution < 1.29 is 0 Å². The van der Waals surface area contributed by atoms with Gasteiger partial charge < -0.3 is 10.3 Å². The zero-order chi connectivity index (χ0) is 16.2. The molecule has 0 bridgehead atoms. The van der Waals surface area contributed by atoms with Gasteiger partial charge in [-0.05, 0) is 24.1 Å². The van der Waals surface area contributed by atoms with Gasteiger partial charge >= 0.3 is 0 Å². The number of anilines is 2. The van der Waals surface area contributed by atoms with Gasteiger partial charge in [-0.3, -0.25) is 4.79 Å². The van der Waals surface area contributed by atoms with Crippen molar-refractivity contribution in [3.05, 3.63) is 51.0 Å². The molecule has 6 heteroatoms. The Morgan fingerprint density at radius 2 is 2.17 bits per heavy atom. The maximum absolute atomic E-state index is 12.1. The highest BCUT2D eigenvalue weighted by Crippen LogP contribution is 2.27. The van der Waals surface area contributed by atoms with E-state index in [-0.39, 0.29) is 11.4 Å². The molecule has 0 aliphatic heterocycles. The fraction of sp³-hybridized carbons (Fsp3) is 0.353. The average Bonchev–Trinajstić information content (AvgIpc) is 3.00. The second-order valence-corrected chi connectivity index (χ2v) is 6.27. The molecule has 0 radical (unpaired) electrons. The van der Waals surface area contributed by atoms with Gasteiger partial charge in [0.25, 0.3) is 5.56 Å². The maximum atomic E-state index is 12.1. The summed E-state index contributed by atoms with van der Waals surface area (Å²) in [5.74, 6) is 1.47. The Labute approximate surface area is 139 Å². The van der Waals surface area contributed by atoms with Gasteiger partial charge in [0.1, 0.15) is 11.9 Å². The highest BCUT2D eigenvalue weighted by Gasteiger charge is 2.18. The van der Waals surface area contributed by atoms with Gasteiger partial charge in [-0.1, -0.05) is 43.4 Å². The molecule has 0 atom stereocenters. The van der Waals surface area contributed by atoms with E-state index in [4.69, 9.17) is 11.6 Å². The lowest BCUT2D eigenvalue weighted by atomic mass is 10.0. The number of hydrogen-bond acceptors (Lipinski definition) is 4. The summed E-state index contributed by atoms with van der Waals surface area (Å²) in [5.41, 5.74) is 0.277. The third kappa shape index (κ3) is 3.72. The fourth-order valence-electron chi connectivity index (χ4n) is 3.00. The number of H-pyrrole nitrogens is 1. The zero-order valence-electron chi connectivity index (χ0n) is 12.6. The molecule has 23 heavy (non-hydrogen) atoms. The molecule has 0 unspecified atom stereocenters. The molecule has 1 saturated carbocycles. The van der Waals surface area contributed by atoms with Gasteiger partial charge in [0.15, 0.2) is 11.4 Å². The quantitative estimate of drug-likeness (QED) is 0.895. The predicted molar refractivity (Wildman–Crippen MR) is 90.0 cm³/mol. The van der Waals surface area contributed by atoms with Crippen LogP contribution in [0.2, 0.25) is 5.02 Å². The second-order valence-electron chi connectivity index (χ2n) is 5.84. The zero-order valence-corrected chi connectivity index (χ0v) is 13.4. The van der Waals surface area contributed by atoms with Crippen LogP contribution in [0.3, 0.4) is 0 Å². The standard InChI is InChI=1S/C17H17ClN4O/c18-12-6-3-7-13(9-12)20-16-14(10-19)17(23)22-15(21-16)8-11-4-1-2-5-11/h3,6-7,9,11H,1-2,4-5,8H2,(H2,20,21,22,23). The SMILES string of the molecule is N#Cc1c(Nc2cccc(Cl)c2)nc(CC2CCCC2)[nH]c1=O. The number of nitrogens with zero attached hydrogens (tertiary/aromatic N) is 2. The minimum atomic E-state index is -0.403. The molecular weight excluding hydrogens is 312 g/mol. The molecule has 1 aromatic carbocycles. The molecule has 5 nitrogen and oxygen atoms in total. The molecule has 0 saturated heterocycles. The minimum absolute atomic E-state index is 0.0138. The Balaban J connectivity index is 1.91. The van der Waals surface area contributed by atoms with E-state index < -0.39 is 5.56 Å². The molecular formula is C17H17ClN4O. The lowest BCUT2D eigenvalue weighted by molar-refractivity contribution is 0.529. The lowest BCUT2D eigenvalue weighted by Gasteiger charge is -2.11. The number of aromatic amines is 1. The molecule has 1 heterocycles.